The van der Waals surface area contributed by atoms with Crippen LogP contribution in [0.4, 0.5) is 0 Å². The Balaban J connectivity index is 1.90. The van der Waals surface area contributed by atoms with Crippen LogP contribution in [-0.4, -0.2) is 60.8 Å². The zero-order chi connectivity index (χ0) is 11.8. The Morgan fingerprint density at radius 3 is 2.50 bits per heavy atom. The fourth-order valence-electron chi connectivity index (χ4n) is 3.04. The van der Waals surface area contributed by atoms with Crippen molar-refractivity contribution in [3.05, 3.63) is 0 Å². The van der Waals surface area contributed by atoms with Crippen molar-refractivity contribution in [2.24, 2.45) is 0 Å². The van der Waals surface area contributed by atoms with Crippen LogP contribution in [0.5, 0.6) is 0 Å². The molecular weight excluding hydrogens is 200 g/mol. The minimum absolute atomic E-state index is 0.334. The van der Waals surface area contributed by atoms with Crippen molar-refractivity contribution in [2.75, 3.05) is 39.9 Å². The van der Waals surface area contributed by atoms with Crippen molar-refractivity contribution in [2.45, 2.75) is 44.7 Å². The summed E-state index contributed by atoms with van der Waals surface area (Å²) in [5, 5.41) is 0. The average Bonchev–Trinajstić information content (AvgIpc) is 2.53. The molecule has 3 heteroatoms. The molecule has 1 spiro atoms. The van der Waals surface area contributed by atoms with Crippen LogP contribution in [0.1, 0.15) is 33.6 Å². The highest BCUT2D eigenvalue weighted by Gasteiger charge is 2.52. The Morgan fingerprint density at radius 2 is 1.94 bits per heavy atom. The molecule has 0 atom stereocenters. The van der Waals surface area contributed by atoms with Gasteiger partial charge in [0.05, 0.1) is 6.61 Å². The molecule has 0 aliphatic carbocycles. The molecule has 2 saturated heterocycles. The second-order valence-corrected chi connectivity index (χ2v) is 6.33. The van der Waals surface area contributed by atoms with Crippen molar-refractivity contribution < 1.29 is 4.74 Å². The fraction of sp³-hybridized carbons (Fsp3) is 1.00. The average molecular weight is 226 g/mol. The van der Waals surface area contributed by atoms with Gasteiger partial charge in [0.2, 0.25) is 0 Å². The van der Waals surface area contributed by atoms with E-state index < -0.39 is 0 Å². The quantitative estimate of drug-likeness (QED) is 0.727. The third-order valence-corrected chi connectivity index (χ3v) is 4.23. The topological polar surface area (TPSA) is 15.7 Å². The predicted molar refractivity (Wildman–Crippen MR) is 66.7 cm³/mol. The molecule has 2 aliphatic rings. The first-order chi connectivity index (χ1) is 7.48. The van der Waals surface area contributed by atoms with Gasteiger partial charge in [0.1, 0.15) is 0 Å². The predicted octanol–water partition coefficient (Wildman–Crippen LogP) is 1.58. The van der Waals surface area contributed by atoms with Crippen LogP contribution in [0, 0.1) is 0 Å². The molecule has 0 aromatic heterocycles. The van der Waals surface area contributed by atoms with E-state index in [1.807, 2.05) is 0 Å². The lowest BCUT2D eigenvalue weighted by Crippen LogP contribution is -2.71. The molecule has 2 rings (SSSR count). The molecule has 0 saturated carbocycles. The number of methoxy groups -OCH3 is 1. The Kier molecular flexibility index (Phi) is 3.30. The summed E-state index contributed by atoms with van der Waals surface area (Å²) in [5.41, 5.74) is 0.826. The standard InChI is InChI=1S/C13H26N2O/c1-12(2,3)15-10-13(11-15)6-5-7-14(13)8-9-16-4/h5-11H2,1-4H3. The Labute approximate surface area is 99.7 Å². The molecular formula is C13H26N2O. The first-order valence-electron chi connectivity index (χ1n) is 6.47. The van der Waals surface area contributed by atoms with Crippen LogP contribution in [0.3, 0.4) is 0 Å². The molecule has 0 aromatic rings. The lowest BCUT2D eigenvalue weighted by molar-refractivity contribution is -0.0794. The minimum atomic E-state index is 0.334. The SMILES string of the molecule is COCCN1CCCC12CN(C(C)(C)C)C2. The smallest absolute Gasteiger partial charge is 0.0589 e. The summed E-state index contributed by atoms with van der Waals surface area (Å²) in [7, 11) is 1.80. The highest BCUT2D eigenvalue weighted by Crippen LogP contribution is 2.40. The molecule has 0 radical (unpaired) electrons. The number of rotatable bonds is 3. The molecule has 2 aliphatic heterocycles. The Bertz CT molecular complexity index is 241. The highest BCUT2D eigenvalue weighted by atomic mass is 16.5. The lowest BCUT2D eigenvalue weighted by atomic mass is 9.83. The first-order valence-corrected chi connectivity index (χ1v) is 6.47. The third kappa shape index (κ3) is 2.13. The van der Waals surface area contributed by atoms with E-state index in [2.05, 4.69) is 30.6 Å². The number of hydrogen-bond donors (Lipinski definition) is 0. The molecule has 2 heterocycles. The second-order valence-electron chi connectivity index (χ2n) is 6.33. The van der Waals surface area contributed by atoms with E-state index in [9.17, 15) is 0 Å². The minimum Gasteiger partial charge on any atom is -0.383 e. The monoisotopic (exact) mass is 226 g/mol. The summed E-state index contributed by atoms with van der Waals surface area (Å²) in [5.74, 6) is 0. The van der Waals surface area contributed by atoms with E-state index in [1.165, 1.54) is 32.5 Å². The van der Waals surface area contributed by atoms with E-state index in [0.29, 0.717) is 11.1 Å². The maximum Gasteiger partial charge on any atom is 0.0589 e. The van der Waals surface area contributed by atoms with Crippen LogP contribution in [0.2, 0.25) is 0 Å². The highest BCUT2D eigenvalue weighted by molar-refractivity contribution is 5.09. The lowest BCUT2D eigenvalue weighted by Gasteiger charge is -2.57. The van der Waals surface area contributed by atoms with Crippen LogP contribution >= 0.6 is 0 Å². The van der Waals surface area contributed by atoms with Gasteiger partial charge in [-0.05, 0) is 40.2 Å². The van der Waals surface area contributed by atoms with Crippen LogP contribution in [0.15, 0.2) is 0 Å². The summed E-state index contributed by atoms with van der Waals surface area (Å²) in [6.07, 6.45) is 2.74. The van der Waals surface area contributed by atoms with Crippen LogP contribution in [0.25, 0.3) is 0 Å². The van der Waals surface area contributed by atoms with E-state index in [1.54, 1.807) is 7.11 Å². The number of likely N-dealkylation sites (tertiary alicyclic amines) is 2. The van der Waals surface area contributed by atoms with Gasteiger partial charge in [-0.1, -0.05) is 0 Å². The fourth-order valence-corrected chi connectivity index (χ4v) is 3.04. The summed E-state index contributed by atoms with van der Waals surface area (Å²) in [4.78, 5) is 5.25. The van der Waals surface area contributed by atoms with Crippen LogP contribution < -0.4 is 0 Å². The van der Waals surface area contributed by atoms with Gasteiger partial charge in [-0.15, -0.1) is 0 Å². The summed E-state index contributed by atoms with van der Waals surface area (Å²) in [6, 6.07) is 0. The second kappa shape index (κ2) is 4.28. The zero-order valence-corrected chi connectivity index (χ0v) is 11.3. The summed E-state index contributed by atoms with van der Waals surface area (Å²) >= 11 is 0. The molecule has 16 heavy (non-hydrogen) atoms. The van der Waals surface area contributed by atoms with Gasteiger partial charge in [-0.25, -0.2) is 0 Å². The van der Waals surface area contributed by atoms with E-state index in [4.69, 9.17) is 4.74 Å². The van der Waals surface area contributed by atoms with Gasteiger partial charge < -0.3 is 4.74 Å². The Hall–Kier alpha value is -0.120. The van der Waals surface area contributed by atoms with Crippen molar-refractivity contribution in [3.63, 3.8) is 0 Å². The van der Waals surface area contributed by atoms with Gasteiger partial charge >= 0.3 is 0 Å². The third-order valence-electron chi connectivity index (χ3n) is 4.23. The normalized spacial score (nSPS) is 26.2. The van der Waals surface area contributed by atoms with E-state index >= 15 is 0 Å². The van der Waals surface area contributed by atoms with Gasteiger partial charge in [-0.3, -0.25) is 9.80 Å². The largest absolute Gasteiger partial charge is 0.383 e. The maximum atomic E-state index is 5.20. The first kappa shape index (κ1) is 12.3. The van der Waals surface area contributed by atoms with Crippen molar-refractivity contribution in [3.8, 4) is 0 Å². The molecule has 0 aromatic carbocycles. The Morgan fingerprint density at radius 1 is 1.25 bits per heavy atom. The summed E-state index contributed by atoms with van der Waals surface area (Å²) in [6.45, 7) is 12.7. The molecule has 94 valence electrons. The van der Waals surface area contributed by atoms with Gasteiger partial charge in [-0.2, -0.15) is 0 Å². The molecule has 0 bridgehead atoms. The number of ether oxygens (including phenoxy) is 1. The van der Waals surface area contributed by atoms with Crippen LogP contribution in [-0.2, 0) is 4.74 Å². The molecule has 2 fully saturated rings. The zero-order valence-electron chi connectivity index (χ0n) is 11.3. The van der Waals surface area contributed by atoms with Gasteiger partial charge in [0.25, 0.3) is 0 Å². The molecule has 0 amide bonds. The number of nitrogens with zero attached hydrogens (tertiary/aromatic N) is 2. The van der Waals surface area contributed by atoms with Crippen molar-refractivity contribution >= 4 is 0 Å². The van der Waals surface area contributed by atoms with E-state index in [0.717, 1.165) is 13.2 Å². The van der Waals surface area contributed by atoms with E-state index in [-0.39, 0.29) is 0 Å². The maximum absolute atomic E-state index is 5.20. The molecule has 0 N–H and O–H groups in total. The number of hydrogen-bond acceptors (Lipinski definition) is 3. The molecule has 0 unspecified atom stereocenters. The van der Waals surface area contributed by atoms with Crippen molar-refractivity contribution in [1.29, 1.82) is 0 Å². The van der Waals surface area contributed by atoms with Gasteiger partial charge in [0.15, 0.2) is 0 Å². The summed E-state index contributed by atoms with van der Waals surface area (Å²) < 4.78 is 5.20. The van der Waals surface area contributed by atoms with Crippen molar-refractivity contribution in [1.82, 2.24) is 9.80 Å². The van der Waals surface area contributed by atoms with Gasteiger partial charge in [0, 0.05) is 37.8 Å². The molecule has 3 nitrogen and oxygen atoms in total.